The first kappa shape index (κ1) is 38.3. The molecule has 266 valence electrons. The minimum absolute atomic E-state index is 0.0872. The van der Waals surface area contributed by atoms with Gasteiger partial charge in [0.05, 0.1) is 6.04 Å². The lowest BCUT2D eigenvalue weighted by Gasteiger charge is -2.38. The SMILES string of the molecule is CCCCC(NC(=O)[C@@H]1[C@@H]2[C@H](CN1C(=O)[C@@H](NC(=O)NC(C(=O)OC(C)(C)C)C(C)(C)C)C1CCCCC1)C2(C)C)C(=O)C(=O)NC. The summed E-state index contributed by atoms with van der Waals surface area (Å²) < 4.78 is 5.60. The van der Waals surface area contributed by atoms with Crippen molar-refractivity contribution < 1.29 is 33.5 Å². The first-order valence-corrected chi connectivity index (χ1v) is 17.4. The van der Waals surface area contributed by atoms with Gasteiger partial charge in [0.2, 0.25) is 17.6 Å². The van der Waals surface area contributed by atoms with Gasteiger partial charge in [-0.2, -0.15) is 0 Å². The standard InChI is InChI=1S/C35H59N5O7/c1-11-12-18-22(26(41)29(43)36-10)37-28(42)25-23-21(35(23,8)9)19-40(25)30(44)24(20-16-14-13-15-17-20)38-32(46)39-27(33(2,3)4)31(45)47-34(5,6)7/h20-25,27H,11-19H2,1-10H3,(H,36,43)(H,37,42)(H2,38,39,46)/t21-,22?,23-,24-,25-,27?/m0/s1. The van der Waals surface area contributed by atoms with Gasteiger partial charge < -0.3 is 30.9 Å². The van der Waals surface area contributed by atoms with E-state index in [1.165, 1.54) is 7.05 Å². The van der Waals surface area contributed by atoms with Gasteiger partial charge in [-0.25, -0.2) is 9.59 Å². The van der Waals surface area contributed by atoms with Gasteiger partial charge in [-0.1, -0.05) is 73.6 Å². The Balaban J connectivity index is 1.88. The molecule has 3 rings (SSSR count). The predicted octanol–water partition coefficient (Wildman–Crippen LogP) is 3.46. The minimum Gasteiger partial charge on any atom is -0.458 e. The monoisotopic (exact) mass is 661 g/mol. The normalized spacial score (nSPS) is 24.2. The zero-order chi connectivity index (χ0) is 35.5. The number of unbranched alkanes of at least 4 members (excludes halogenated alkanes) is 1. The number of hydrogen-bond donors (Lipinski definition) is 4. The summed E-state index contributed by atoms with van der Waals surface area (Å²) in [6.45, 7) is 17.2. The van der Waals surface area contributed by atoms with E-state index in [1.807, 2.05) is 27.7 Å². The van der Waals surface area contributed by atoms with Gasteiger partial charge in [0, 0.05) is 13.6 Å². The molecule has 0 spiro atoms. The van der Waals surface area contributed by atoms with Crippen LogP contribution in [0.1, 0.15) is 114 Å². The van der Waals surface area contributed by atoms with Crippen LogP contribution in [0.2, 0.25) is 0 Å². The number of esters is 1. The van der Waals surface area contributed by atoms with Crippen LogP contribution >= 0.6 is 0 Å². The molecule has 12 nitrogen and oxygen atoms in total. The van der Waals surface area contributed by atoms with Crippen LogP contribution in [0, 0.1) is 28.6 Å². The number of nitrogens with zero attached hydrogens (tertiary/aromatic N) is 1. The maximum atomic E-state index is 14.5. The first-order valence-electron chi connectivity index (χ1n) is 17.4. The van der Waals surface area contributed by atoms with Crippen LogP contribution in [-0.4, -0.2) is 83.8 Å². The van der Waals surface area contributed by atoms with Crippen LogP contribution in [0.15, 0.2) is 0 Å². The van der Waals surface area contributed by atoms with Gasteiger partial charge in [-0.3, -0.25) is 19.2 Å². The molecule has 3 fully saturated rings. The highest BCUT2D eigenvalue weighted by molar-refractivity contribution is 6.38. The predicted molar refractivity (Wildman–Crippen MR) is 178 cm³/mol. The second-order valence-corrected chi connectivity index (χ2v) is 16.4. The molecule has 1 heterocycles. The van der Waals surface area contributed by atoms with Crippen LogP contribution in [-0.2, 0) is 28.7 Å². The van der Waals surface area contributed by atoms with E-state index in [1.54, 1.807) is 25.7 Å². The fraction of sp³-hybridized carbons (Fsp3) is 0.829. The number of piperidine rings is 1. The molecule has 2 saturated carbocycles. The van der Waals surface area contributed by atoms with E-state index in [0.717, 1.165) is 38.5 Å². The average molecular weight is 662 g/mol. The molecule has 0 aromatic heterocycles. The Morgan fingerprint density at radius 3 is 2.06 bits per heavy atom. The molecular formula is C35H59N5O7. The number of carbonyl (C=O) groups is 6. The number of nitrogens with one attached hydrogen (secondary N) is 4. The summed E-state index contributed by atoms with van der Waals surface area (Å²) in [4.78, 5) is 81.9. The third-order valence-electron chi connectivity index (χ3n) is 10.1. The molecule has 3 aliphatic rings. The van der Waals surface area contributed by atoms with Crippen LogP contribution in [0.5, 0.6) is 0 Å². The van der Waals surface area contributed by atoms with Gasteiger partial charge in [0.25, 0.3) is 5.91 Å². The van der Waals surface area contributed by atoms with Gasteiger partial charge in [-0.15, -0.1) is 0 Å². The number of Topliss-reactive ketones (excluding diaryl/α,β-unsaturated/α-hetero) is 1. The van der Waals surface area contributed by atoms with Crippen molar-refractivity contribution >= 4 is 35.5 Å². The molecule has 6 atom stereocenters. The number of carbonyl (C=O) groups excluding carboxylic acids is 6. The summed E-state index contributed by atoms with van der Waals surface area (Å²) in [6.07, 6.45) is 6.10. The summed E-state index contributed by atoms with van der Waals surface area (Å²) in [7, 11) is 1.37. The highest BCUT2D eigenvalue weighted by Crippen LogP contribution is 2.65. The van der Waals surface area contributed by atoms with Gasteiger partial charge >= 0.3 is 12.0 Å². The van der Waals surface area contributed by atoms with Crippen molar-refractivity contribution in [2.24, 2.45) is 28.6 Å². The van der Waals surface area contributed by atoms with E-state index >= 15 is 0 Å². The summed E-state index contributed by atoms with van der Waals surface area (Å²) in [5.41, 5.74) is -1.60. The van der Waals surface area contributed by atoms with E-state index < -0.39 is 64.8 Å². The van der Waals surface area contributed by atoms with E-state index in [2.05, 4.69) is 35.1 Å². The number of amides is 5. The highest BCUT2D eigenvalue weighted by atomic mass is 16.6. The van der Waals surface area contributed by atoms with Crippen molar-refractivity contribution in [2.45, 2.75) is 143 Å². The summed E-state index contributed by atoms with van der Waals surface area (Å²) in [5, 5.41) is 10.9. The van der Waals surface area contributed by atoms with Crippen molar-refractivity contribution in [1.29, 1.82) is 0 Å². The molecule has 4 N–H and O–H groups in total. The minimum atomic E-state index is -1.000. The molecule has 0 bridgehead atoms. The number of likely N-dealkylation sites (N-methyl/N-ethyl adjacent to an activating group) is 1. The van der Waals surface area contributed by atoms with Crippen LogP contribution in [0.25, 0.3) is 0 Å². The largest absolute Gasteiger partial charge is 0.458 e. The topological polar surface area (TPSA) is 163 Å². The zero-order valence-electron chi connectivity index (χ0n) is 30.2. The molecule has 12 heteroatoms. The second-order valence-electron chi connectivity index (χ2n) is 16.4. The van der Waals surface area contributed by atoms with Gasteiger partial charge in [0.15, 0.2) is 0 Å². The molecule has 0 aromatic carbocycles. The molecule has 5 amide bonds. The Morgan fingerprint density at radius 2 is 1.53 bits per heavy atom. The molecular weight excluding hydrogens is 602 g/mol. The van der Waals surface area contributed by atoms with Crippen molar-refractivity contribution in [2.75, 3.05) is 13.6 Å². The quantitative estimate of drug-likeness (QED) is 0.184. The Labute approximate surface area is 280 Å². The van der Waals surface area contributed by atoms with Gasteiger partial charge in [0.1, 0.15) is 23.7 Å². The maximum absolute atomic E-state index is 14.5. The summed E-state index contributed by atoms with van der Waals surface area (Å²) in [6, 6.07) is -4.37. The molecule has 2 aliphatic carbocycles. The summed E-state index contributed by atoms with van der Waals surface area (Å²) >= 11 is 0. The van der Waals surface area contributed by atoms with Crippen LogP contribution in [0.3, 0.4) is 0 Å². The number of fused-ring (bicyclic) bond motifs is 1. The van der Waals surface area contributed by atoms with E-state index in [4.69, 9.17) is 4.74 Å². The number of ketones is 1. The van der Waals surface area contributed by atoms with Gasteiger partial charge in [-0.05, 0) is 68.6 Å². The third kappa shape index (κ3) is 9.25. The molecule has 1 aliphatic heterocycles. The van der Waals surface area contributed by atoms with Crippen LogP contribution < -0.4 is 21.3 Å². The fourth-order valence-corrected chi connectivity index (χ4v) is 7.36. The number of likely N-dealkylation sites (tertiary alicyclic amines) is 1. The smallest absolute Gasteiger partial charge is 0.329 e. The van der Waals surface area contributed by atoms with Crippen molar-refractivity contribution in [3.63, 3.8) is 0 Å². The fourth-order valence-electron chi connectivity index (χ4n) is 7.36. The van der Waals surface area contributed by atoms with E-state index in [-0.39, 0.29) is 29.1 Å². The van der Waals surface area contributed by atoms with Crippen molar-refractivity contribution in [3.8, 4) is 0 Å². The molecule has 0 radical (unpaired) electrons. The Kier molecular flexibility index (Phi) is 12.2. The Hall–Kier alpha value is -3.18. The van der Waals surface area contributed by atoms with Crippen molar-refractivity contribution in [1.82, 2.24) is 26.2 Å². The zero-order valence-corrected chi connectivity index (χ0v) is 30.2. The molecule has 2 unspecified atom stereocenters. The van der Waals surface area contributed by atoms with Crippen molar-refractivity contribution in [3.05, 3.63) is 0 Å². The highest BCUT2D eigenvalue weighted by Gasteiger charge is 2.69. The molecule has 0 aromatic rings. The lowest BCUT2D eigenvalue weighted by atomic mass is 9.83. The van der Waals surface area contributed by atoms with E-state index in [9.17, 15) is 28.8 Å². The number of ether oxygens (including phenoxy) is 1. The Bertz CT molecular complexity index is 1200. The maximum Gasteiger partial charge on any atom is 0.329 e. The van der Waals surface area contributed by atoms with E-state index in [0.29, 0.717) is 19.4 Å². The lowest BCUT2D eigenvalue weighted by molar-refractivity contribution is -0.160. The number of urea groups is 1. The first-order chi connectivity index (χ1) is 21.7. The number of rotatable bonds is 12. The summed E-state index contributed by atoms with van der Waals surface area (Å²) in [5.74, 6) is -3.03. The van der Waals surface area contributed by atoms with Crippen LogP contribution in [0.4, 0.5) is 4.79 Å². The molecule has 1 saturated heterocycles. The molecule has 47 heavy (non-hydrogen) atoms. The third-order valence-corrected chi connectivity index (χ3v) is 10.1. The number of hydrogen-bond acceptors (Lipinski definition) is 7. The second kappa shape index (κ2) is 14.9. The average Bonchev–Trinajstić information content (AvgIpc) is 3.29. The Morgan fingerprint density at radius 1 is 0.915 bits per heavy atom. The lowest BCUT2D eigenvalue weighted by Crippen LogP contribution is -2.62.